The fraction of sp³-hybridized carbons (Fsp3) is 0.200. The first-order chi connectivity index (χ1) is 9.95. The van der Waals surface area contributed by atoms with Crippen molar-refractivity contribution in [1.29, 1.82) is 0 Å². The molecule has 2 amide bonds. The Morgan fingerprint density at radius 2 is 2.14 bits per heavy atom. The van der Waals surface area contributed by atoms with Gasteiger partial charge in [-0.25, -0.2) is 0 Å². The zero-order valence-electron chi connectivity index (χ0n) is 11.6. The average Bonchev–Trinajstić information content (AvgIpc) is 2.94. The summed E-state index contributed by atoms with van der Waals surface area (Å²) in [6.45, 7) is 3.41. The lowest BCUT2D eigenvalue weighted by Crippen LogP contribution is -2.45. The molecule has 0 bridgehead atoms. The smallest absolute Gasteiger partial charge is 0.268 e. The number of carbonyl (C=O) groups is 2. The number of amides is 2. The second-order valence-corrected chi connectivity index (χ2v) is 6.16. The number of hydrogen-bond acceptors (Lipinski definition) is 4. The molecular formula is C15H14N2O3S. The lowest BCUT2D eigenvalue weighted by atomic mass is 10.1. The second kappa shape index (κ2) is 4.89. The molecule has 21 heavy (non-hydrogen) atoms. The summed E-state index contributed by atoms with van der Waals surface area (Å²) in [7, 11) is 0. The molecule has 1 aliphatic rings. The van der Waals surface area contributed by atoms with E-state index in [1.54, 1.807) is 38.1 Å². The van der Waals surface area contributed by atoms with Gasteiger partial charge in [0.15, 0.2) is 5.60 Å². The van der Waals surface area contributed by atoms with Gasteiger partial charge in [0, 0.05) is 5.69 Å². The van der Waals surface area contributed by atoms with E-state index in [2.05, 4.69) is 10.6 Å². The van der Waals surface area contributed by atoms with Gasteiger partial charge in [0.2, 0.25) is 0 Å². The van der Waals surface area contributed by atoms with Crippen LogP contribution < -0.4 is 15.4 Å². The Labute approximate surface area is 125 Å². The molecule has 2 heterocycles. The average molecular weight is 302 g/mol. The highest BCUT2D eigenvalue weighted by Crippen LogP contribution is 2.35. The molecule has 0 radical (unpaired) electrons. The molecule has 2 aromatic rings. The van der Waals surface area contributed by atoms with Gasteiger partial charge in [-0.1, -0.05) is 6.07 Å². The number of thiophene rings is 1. The van der Waals surface area contributed by atoms with Gasteiger partial charge in [0.1, 0.15) is 5.75 Å². The van der Waals surface area contributed by atoms with Crippen molar-refractivity contribution in [3.8, 4) is 5.75 Å². The van der Waals surface area contributed by atoms with Crippen molar-refractivity contribution in [2.45, 2.75) is 19.4 Å². The maximum absolute atomic E-state index is 12.0. The van der Waals surface area contributed by atoms with Crippen LogP contribution in [0.4, 0.5) is 11.4 Å². The molecule has 0 unspecified atom stereocenters. The Bertz CT molecular complexity index is 708. The minimum atomic E-state index is -0.894. The Kier molecular flexibility index (Phi) is 3.17. The molecule has 1 aromatic heterocycles. The summed E-state index contributed by atoms with van der Waals surface area (Å²) in [5, 5.41) is 7.43. The van der Waals surface area contributed by atoms with E-state index in [0.717, 1.165) is 0 Å². The molecular weight excluding hydrogens is 288 g/mol. The number of hydrogen-bond donors (Lipinski definition) is 2. The Morgan fingerprint density at radius 1 is 1.33 bits per heavy atom. The van der Waals surface area contributed by atoms with Crippen molar-refractivity contribution in [3.05, 3.63) is 40.6 Å². The van der Waals surface area contributed by atoms with Gasteiger partial charge in [0.05, 0.1) is 10.6 Å². The van der Waals surface area contributed by atoms with Crippen molar-refractivity contribution < 1.29 is 14.3 Å². The molecule has 0 atom stereocenters. The third-order valence-corrected chi connectivity index (χ3v) is 4.01. The van der Waals surface area contributed by atoms with E-state index in [9.17, 15) is 9.59 Å². The number of nitrogens with one attached hydrogen (secondary N) is 2. The van der Waals surface area contributed by atoms with Crippen LogP contribution >= 0.6 is 11.3 Å². The first kappa shape index (κ1) is 13.6. The number of carbonyl (C=O) groups excluding carboxylic acids is 2. The van der Waals surface area contributed by atoms with Crippen molar-refractivity contribution >= 4 is 34.5 Å². The number of ether oxygens (including phenoxy) is 1. The van der Waals surface area contributed by atoms with E-state index >= 15 is 0 Å². The largest absolute Gasteiger partial charge is 0.476 e. The molecule has 0 saturated carbocycles. The Morgan fingerprint density at radius 3 is 2.86 bits per heavy atom. The Balaban J connectivity index is 1.83. The molecule has 1 aliphatic heterocycles. The monoisotopic (exact) mass is 302 g/mol. The molecule has 1 aromatic carbocycles. The zero-order chi connectivity index (χ0) is 15.0. The molecule has 2 N–H and O–H groups in total. The first-order valence-corrected chi connectivity index (χ1v) is 7.33. The van der Waals surface area contributed by atoms with Crippen LogP contribution in [0.5, 0.6) is 5.75 Å². The van der Waals surface area contributed by atoms with Crippen LogP contribution in [0.3, 0.4) is 0 Å². The van der Waals surface area contributed by atoms with Crippen LogP contribution in [0.25, 0.3) is 0 Å². The highest BCUT2D eigenvalue weighted by atomic mass is 32.1. The minimum Gasteiger partial charge on any atom is -0.476 e. The van der Waals surface area contributed by atoms with E-state index in [1.165, 1.54) is 11.3 Å². The molecule has 0 spiro atoms. The highest BCUT2D eigenvalue weighted by molar-refractivity contribution is 7.12. The third kappa shape index (κ3) is 2.62. The number of rotatable bonds is 2. The normalized spacial score (nSPS) is 15.6. The standard InChI is InChI=1S/C15H14N2O3S/c1-15(2)14(19)17-10-8-9(5-6-11(10)20-15)16-13(18)12-4-3-7-21-12/h3-8H,1-2H3,(H,16,18)(H,17,19). The molecule has 0 aliphatic carbocycles. The van der Waals surface area contributed by atoms with Crippen LogP contribution in [-0.2, 0) is 4.79 Å². The summed E-state index contributed by atoms with van der Waals surface area (Å²) in [6.07, 6.45) is 0. The van der Waals surface area contributed by atoms with Gasteiger partial charge in [-0.2, -0.15) is 0 Å². The van der Waals surface area contributed by atoms with Crippen molar-refractivity contribution in [2.24, 2.45) is 0 Å². The molecule has 0 fully saturated rings. The highest BCUT2D eigenvalue weighted by Gasteiger charge is 2.35. The van der Waals surface area contributed by atoms with Crippen LogP contribution in [-0.4, -0.2) is 17.4 Å². The topological polar surface area (TPSA) is 67.4 Å². The number of benzene rings is 1. The SMILES string of the molecule is CC1(C)Oc2ccc(NC(=O)c3cccs3)cc2NC1=O. The second-order valence-electron chi connectivity index (χ2n) is 5.21. The van der Waals surface area contributed by atoms with Crippen LogP contribution in [0.2, 0.25) is 0 Å². The molecule has 3 rings (SSSR count). The van der Waals surface area contributed by atoms with Crippen molar-refractivity contribution in [1.82, 2.24) is 0 Å². The van der Waals surface area contributed by atoms with Crippen LogP contribution in [0.1, 0.15) is 23.5 Å². The van der Waals surface area contributed by atoms with E-state index in [0.29, 0.717) is 22.0 Å². The van der Waals surface area contributed by atoms with Gasteiger partial charge in [-0.05, 0) is 43.5 Å². The van der Waals surface area contributed by atoms with Crippen LogP contribution in [0, 0.1) is 0 Å². The van der Waals surface area contributed by atoms with Crippen molar-refractivity contribution in [2.75, 3.05) is 10.6 Å². The van der Waals surface area contributed by atoms with Gasteiger partial charge in [-0.15, -0.1) is 11.3 Å². The lowest BCUT2D eigenvalue weighted by Gasteiger charge is -2.31. The zero-order valence-corrected chi connectivity index (χ0v) is 12.4. The summed E-state index contributed by atoms with van der Waals surface area (Å²) in [4.78, 5) is 24.5. The van der Waals surface area contributed by atoms with Crippen molar-refractivity contribution in [3.63, 3.8) is 0 Å². The summed E-state index contributed by atoms with van der Waals surface area (Å²) in [5.41, 5.74) is 0.272. The van der Waals surface area contributed by atoms with Gasteiger partial charge in [-0.3, -0.25) is 9.59 Å². The summed E-state index contributed by atoms with van der Waals surface area (Å²) in [6, 6.07) is 8.75. The number of fused-ring (bicyclic) bond motifs is 1. The summed E-state index contributed by atoms with van der Waals surface area (Å²) < 4.78 is 5.64. The number of anilines is 2. The quantitative estimate of drug-likeness (QED) is 0.895. The van der Waals surface area contributed by atoms with Crippen LogP contribution in [0.15, 0.2) is 35.7 Å². The van der Waals surface area contributed by atoms with E-state index in [-0.39, 0.29) is 11.8 Å². The maximum Gasteiger partial charge on any atom is 0.268 e. The Hall–Kier alpha value is -2.34. The fourth-order valence-corrected chi connectivity index (χ4v) is 2.61. The van der Waals surface area contributed by atoms with Gasteiger partial charge in [0.25, 0.3) is 11.8 Å². The molecule has 108 valence electrons. The summed E-state index contributed by atoms with van der Waals surface area (Å²) in [5.74, 6) is 0.207. The maximum atomic E-state index is 12.0. The van der Waals surface area contributed by atoms with E-state index < -0.39 is 5.60 Å². The third-order valence-electron chi connectivity index (χ3n) is 3.14. The fourth-order valence-electron chi connectivity index (χ4n) is 1.99. The van der Waals surface area contributed by atoms with E-state index in [4.69, 9.17) is 4.74 Å². The summed E-state index contributed by atoms with van der Waals surface area (Å²) >= 11 is 1.37. The molecule has 6 heteroatoms. The minimum absolute atomic E-state index is 0.173. The van der Waals surface area contributed by atoms with Gasteiger partial charge >= 0.3 is 0 Å². The molecule has 0 saturated heterocycles. The van der Waals surface area contributed by atoms with E-state index in [1.807, 2.05) is 11.4 Å². The predicted molar refractivity (Wildman–Crippen MR) is 82.1 cm³/mol. The molecule has 5 nitrogen and oxygen atoms in total. The lowest BCUT2D eigenvalue weighted by molar-refractivity contribution is -0.129. The van der Waals surface area contributed by atoms with Gasteiger partial charge < -0.3 is 15.4 Å². The first-order valence-electron chi connectivity index (χ1n) is 6.45. The predicted octanol–water partition coefficient (Wildman–Crippen LogP) is 3.11.